The first-order valence-corrected chi connectivity index (χ1v) is 6.51. The van der Waals surface area contributed by atoms with Gasteiger partial charge in [-0.2, -0.15) is 0 Å². The molecule has 4 heteroatoms. The largest absolute Gasteiger partial charge is 0.444 e. The second kappa shape index (κ2) is 4.15. The van der Waals surface area contributed by atoms with Gasteiger partial charge < -0.3 is 10.5 Å². The molecule has 0 aromatic heterocycles. The number of nitrogen functional groups attached to an aromatic ring is 1. The summed E-state index contributed by atoms with van der Waals surface area (Å²) in [5.41, 5.74) is 7.91. The van der Waals surface area contributed by atoms with E-state index in [1.165, 1.54) is 0 Å². The summed E-state index contributed by atoms with van der Waals surface area (Å²) in [7, 11) is 0. The van der Waals surface area contributed by atoms with E-state index in [1.807, 2.05) is 52.8 Å². The summed E-state index contributed by atoms with van der Waals surface area (Å²) < 4.78 is 5.47. The Labute approximate surface area is 114 Å². The predicted octanol–water partition coefficient (Wildman–Crippen LogP) is 3.25. The number of carbonyl (C=O) groups is 1. The van der Waals surface area contributed by atoms with Crippen LogP contribution in [-0.2, 0) is 16.8 Å². The van der Waals surface area contributed by atoms with E-state index >= 15 is 0 Å². The Morgan fingerprint density at radius 2 is 2.00 bits per heavy atom. The molecule has 0 unspecified atom stereocenters. The highest BCUT2D eigenvalue weighted by molar-refractivity contribution is 5.71. The van der Waals surface area contributed by atoms with Gasteiger partial charge in [0.1, 0.15) is 5.60 Å². The number of nitrogens with zero attached hydrogens (tertiary/aromatic N) is 1. The molecular formula is C15H22N2O2. The average molecular weight is 262 g/mol. The molecule has 0 atom stereocenters. The highest BCUT2D eigenvalue weighted by atomic mass is 16.6. The number of hydrogen-bond acceptors (Lipinski definition) is 3. The Kier molecular flexibility index (Phi) is 3.00. The smallest absolute Gasteiger partial charge is 0.411 e. The normalized spacial score (nSPS) is 17.2. The Bertz CT molecular complexity index is 515. The quantitative estimate of drug-likeness (QED) is 0.730. The molecular weight excluding hydrogens is 240 g/mol. The van der Waals surface area contributed by atoms with Gasteiger partial charge in [0, 0.05) is 5.69 Å². The molecule has 104 valence electrons. The Morgan fingerprint density at radius 3 is 2.58 bits per heavy atom. The number of ether oxygens (including phenoxy) is 1. The van der Waals surface area contributed by atoms with Crippen molar-refractivity contribution in [3.8, 4) is 0 Å². The third kappa shape index (κ3) is 2.53. The first-order valence-electron chi connectivity index (χ1n) is 6.51. The molecule has 1 heterocycles. The number of anilines is 1. The highest BCUT2D eigenvalue weighted by Crippen LogP contribution is 2.40. The Hall–Kier alpha value is -1.71. The van der Waals surface area contributed by atoms with E-state index in [0.29, 0.717) is 6.54 Å². The van der Waals surface area contributed by atoms with Gasteiger partial charge in [0.25, 0.3) is 0 Å². The minimum atomic E-state index is -0.485. The van der Waals surface area contributed by atoms with Gasteiger partial charge in [-0.3, -0.25) is 4.90 Å². The van der Waals surface area contributed by atoms with E-state index in [0.717, 1.165) is 16.8 Å². The van der Waals surface area contributed by atoms with E-state index in [9.17, 15) is 4.79 Å². The summed E-state index contributed by atoms with van der Waals surface area (Å²) in [6.07, 6.45) is -0.285. The molecule has 0 spiro atoms. The number of amides is 1. The lowest BCUT2D eigenvalue weighted by atomic mass is 9.93. The van der Waals surface area contributed by atoms with Crippen LogP contribution >= 0.6 is 0 Å². The molecule has 0 aliphatic carbocycles. The molecule has 1 aliphatic heterocycles. The lowest BCUT2D eigenvalue weighted by Gasteiger charge is -2.34. The van der Waals surface area contributed by atoms with E-state index in [-0.39, 0.29) is 6.09 Å². The maximum absolute atomic E-state index is 12.3. The van der Waals surface area contributed by atoms with E-state index in [2.05, 4.69) is 0 Å². The molecule has 1 amide bonds. The zero-order valence-corrected chi connectivity index (χ0v) is 12.3. The molecule has 2 rings (SSSR count). The molecule has 0 fully saturated rings. The number of fused-ring (bicyclic) bond motifs is 1. The van der Waals surface area contributed by atoms with Crippen molar-refractivity contribution in [2.75, 3.05) is 5.73 Å². The van der Waals surface area contributed by atoms with Crippen molar-refractivity contribution >= 4 is 11.8 Å². The first kappa shape index (κ1) is 13.7. The zero-order chi connectivity index (χ0) is 14.4. The molecule has 19 heavy (non-hydrogen) atoms. The minimum Gasteiger partial charge on any atom is -0.444 e. The van der Waals surface area contributed by atoms with Crippen LogP contribution < -0.4 is 5.73 Å². The van der Waals surface area contributed by atoms with Gasteiger partial charge >= 0.3 is 6.09 Å². The maximum Gasteiger partial charge on any atom is 0.411 e. The van der Waals surface area contributed by atoms with E-state index < -0.39 is 11.1 Å². The molecule has 4 nitrogen and oxygen atoms in total. The molecule has 2 N–H and O–H groups in total. The Balaban J connectivity index is 2.30. The predicted molar refractivity (Wildman–Crippen MR) is 75.7 cm³/mol. The summed E-state index contributed by atoms with van der Waals surface area (Å²) >= 11 is 0. The fourth-order valence-corrected chi connectivity index (χ4v) is 2.42. The van der Waals surface area contributed by atoms with Crippen LogP contribution in [0.3, 0.4) is 0 Å². The van der Waals surface area contributed by atoms with Crippen LogP contribution in [0.2, 0.25) is 0 Å². The number of carbonyl (C=O) groups excluding carboxylic acids is 1. The van der Waals surface area contributed by atoms with E-state index in [4.69, 9.17) is 10.5 Å². The maximum atomic E-state index is 12.3. The summed E-state index contributed by atoms with van der Waals surface area (Å²) in [5, 5.41) is 0. The van der Waals surface area contributed by atoms with Gasteiger partial charge in [0.15, 0.2) is 0 Å². The topological polar surface area (TPSA) is 55.6 Å². The van der Waals surface area contributed by atoms with Crippen molar-refractivity contribution in [3.63, 3.8) is 0 Å². The zero-order valence-electron chi connectivity index (χ0n) is 12.3. The summed E-state index contributed by atoms with van der Waals surface area (Å²) in [6, 6.07) is 5.80. The van der Waals surface area contributed by atoms with Crippen molar-refractivity contribution in [2.24, 2.45) is 0 Å². The fraction of sp³-hybridized carbons (Fsp3) is 0.533. The lowest BCUT2D eigenvalue weighted by Crippen LogP contribution is -2.43. The first-order chi connectivity index (χ1) is 8.61. The van der Waals surface area contributed by atoms with Gasteiger partial charge in [0.05, 0.1) is 12.1 Å². The molecule has 1 aliphatic rings. The number of hydrogen-bond donors (Lipinski definition) is 1. The van der Waals surface area contributed by atoms with Crippen LogP contribution in [0.25, 0.3) is 0 Å². The molecule has 1 aromatic rings. The van der Waals surface area contributed by atoms with E-state index in [1.54, 1.807) is 4.90 Å². The van der Waals surface area contributed by atoms with Crippen LogP contribution in [0.5, 0.6) is 0 Å². The van der Waals surface area contributed by atoms with Gasteiger partial charge in [-0.25, -0.2) is 4.79 Å². The van der Waals surface area contributed by atoms with Crippen molar-refractivity contribution in [3.05, 3.63) is 29.3 Å². The molecule has 0 saturated heterocycles. The van der Waals surface area contributed by atoms with Crippen LogP contribution in [0.15, 0.2) is 18.2 Å². The number of nitrogens with two attached hydrogens (primary N) is 1. The monoisotopic (exact) mass is 262 g/mol. The Morgan fingerprint density at radius 1 is 1.37 bits per heavy atom. The fourth-order valence-electron chi connectivity index (χ4n) is 2.42. The van der Waals surface area contributed by atoms with Gasteiger partial charge in [-0.05, 0) is 57.9 Å². The van der Waals surface area contributed by atoms with Crippen molar-refractivity contribution in [2.45, 2.75) is 52.3 Å². The van der Waals surface area contributed by atoms with Gasteiger partial charge in [-0.15, -0.1) is 0 Å². The molecule has 0 radical (unpaired) electrons. The highest BCUT2D eigenvalue weighted by Gasteiger charge is 2.42. The van der Waals surface area contributed by atoms with Crippen LogP contribution in [0.4, 0.5) is 10.5 Å². The third-order valence-corrected chi connectivity index (χ3v) is 3.41. The van der Waals surface area contributed by atoms with Crippen molar-refractivity contribution in [1.82, 2.24) is 4.90 Å². The van der Waals surface area contributed by atoms with Gasteiger partial charge in [-0.1, -0.05) is 6.07 Å². The molecule has 0 saturated carbocycles. The molecule has 1 aromatic carbocycles. The van der Waals surface area contributed by atoms with Crippen LogP contribution in [0, 0.1) is 0 Å². The van der Waals surface area contributed by atoms with Crippen molar-refractivity contribution < 1.29 is 9.53 Å². The molecule has 0 bridgehead atoms. The second-order valence-electron chi connectivity index (χ2n) is 6.54. The second-order valence-corrected chi connectivity index (χ2v) is 6.54. The SMILES string of the molecule is CC(C)(C)OC(=O)N1Cc2ccc(N)cc2C1(C)C. The number of benzene rings is 1. The summed E-state index contributed by atoms with van der Waals surface area (Å²) in [6.45, 7) is 10.2. The van der Waals surface area contributed by atoms with Crippen molar-refractivity contribution in [1.29, 1.82) is 0 Å². The standard InChI is InChI=1S/C15H22N2O2/c1-14(2,3)19-13(18)17-9-10-6-7-11(16)8-12(10)15(17,4)5/h6-8H,9,16H2,1-5H3. The average Bonchev–Trinajstić information content (AvgIpc) is 2.48. The lowest BCUT2D eigenvalue weighted by molar-refractivity contribution is 0.00520. The third-order valence-electron chi connectivity index (χ3n) is 3.41. The summed E-state index contributed by atoms with van der Waals surface area (Å²) in [4.78, 5) is 14.1. The van der Waals surface area contributed by atoms with Crippen LogP contribution in [-0.4, -0.2) is 16.6 Å². The van der Waals surface area contributed by atoms with Gasteiger partial charge in [0.2, 0.25) is 0 Å². The minimum absolute atomic E-state index is 0.285. The van der Waals surface area contributed by atoms with Crippen LogP contribution in [0.1, 0.15) is 45.7 Å². The summed E-state index contributed by atoms with van der Waals surface area (Å²) in [5.74, 6) is 0. The number of rotatable bonds is 0.